The van der Waals surface area contributed by atoms with E-state index in [1.807, 2.05) is 19.9 Å². The highest BCUT2D eigenvalue weighted by Gasteiger charge is 2.37. The van der Waals surface area contributed by atoms with Crippen molar-refractivity contribution in [1.82, 2.24) is 9.69 Å². The second-order valence-corrected chi connectivity index (χ2v) is 9.30. The Bertz CT molecular complexity index is 1370. The molecule has 1 atom stereocenters. The van der Waals surface area contributed by atoms with Crippen LogP contribution in [0.5, 0.6) is 5.75 Å². The Morgan fingerprint density at radius 2 is 1.74 bits per heavy atom. The zero-order valence-electron chi connectivity index (χ0n) is 22.1. The maximum Gasteiger partial charge on any atom is 0.325 e. The Kier molecular flexibility index (Phi) is 9.61. The number of rotatable bonds is 11. The van der Waals surface area contributed by atoms with Crippen molar-refractivity contribution in [3.63, 3.8) is 0 Å². The molecule has 12 heteroatoms. The normalized spacial score (nSPS) is 11.4. The summed E-state index contributed by atoms with van der Waals surface area (Å²) in [6, 6.07) is 10.8. The van der Waals surface area contributed by atoms with Crippen LogP contribution in [0.4, 0.5) is 11.4 Å². The number of anilines is 2. The van der Waals surface area contributed by atoms with Crippen molar-refractivity contribution >= 4 is 46.6 Å². The molecule has 2 aromatic carbocycles. The number of nitrogens with one attached hydrogen (secondary N) is 1. The van der Waals surface area contributed by atoms with E-state index in [2.05, 4.69) is 9.69 Å². The molecule has 0 fully saturated rings. The number of carbonyl (C=O) groups excluding carboxylic acids is 4. The predicted molar refractivity (Wildman–Crippen MR) is 148 cm³/mol. The van der Waals surface area contributed by atoms with E-state index in [9.17, 15) is 19.2 Å². The topological polar surface area (TPSA) is 167 Å². The van der Waals surface area contributed by atoms with Crippen LogP contribution < -0.4 is 26.4 Å². The standard InChI is InChI=1S/C27H31N5O6S/c1-5-37-18-10-8-17(9-11-18)23(26(35)30-14-20(33)38-6-2)32(19-12-7-15(3)13-16(19)4)27(36)24-21(28)22(25(29)34)31-39-24/h7-13,23H,5-6,14,28H2,1-4H3,(H2,29,34)(H,30,35)/t23-/m0/s1. The van der Waals surface area contributed by atoms with E-state index in [1.54, 1.807) is 50.2 Å². The Morgan fingerprint density at radius 3 is 2.31 bits per heavy atom. The summed E-state index contributed by atoms with van der Waals surface area (Å²) in [5, 5.41) is 2.57. The smallest absolute Gasteiger partial charge is 0.325 e. The van der Waals surface area contributed by atoms with Gasteiger partial charge in [0, 0.05) is 5.69 Å². The molecule has 3 rings (SSSR count). The number of ether oxygens (including phenoxy) is 2. The van der Waals surface area contributed by atoms with Gasteiger partial charge in [-0.05, 0) is 68.6 Å². The first-order valence-electron chi connectivity index (χ1n) is 12.2. The molecule has 0 aliphatic carbocycles. The number of benzene rings is 2. The van der Waals surface area contributed by atoms with Gasteiger partial charge in [0.2, 0.25) is 5.91 Å². The highest BCUT2D eigenvalue weighted by atomic mass is 32.1. The predicted octanol–water partition coefficient (Wildman–Crippen LogP) is 2.91. The second-order valence-electron chi connectivity index (χ2n) is 8.53. The molecule has 3 aromatic rings. The molecule has 0 unspecified atom stereocenters. The van der Waals surface area contributed by atoms with E-state index in [0.29, 0.717) is 40.7 Å². The summed E-state index contributed by atoms with van der Waals surface area (Å²) < 4.78 is 14.4. The quantitative estimate of drug-likeness (QED) is 0.305. The van der Waals surface area contributed by atoms with Crippen LogP contribution in [0.15, 0.2) is 42.5 Å². The first kappa shape index (κ1) is 29.1. The van der Waals surface area contributed by atoms with Gasteiger partial charge in [-0.3, -0.25) is 24.1 Å². The number of carbonyl (C=O) groups is 4. The van der Waals surface area contributed by atoms with Gasteiger partial charge in [0.1, 0.15) is 23.2 Å². The number of hydrogen-bond acceptors (Lipinski definition) is 9. The molecular formula is C27H31N5O6S. The first-order chi connectivity index (χ1) is 18.6. The third-order valence-corrected chi connectivity index (χ3v) is 6.56. The fraction of sp³-hybridized carbons (Fsp3) is 0.296. The molecule has 1 aromatic heterocycles. The molecule has 0 aliphatic heterocycles. The monoisotopic (exact) mass is 553 g/mol. The van der Waals surface area contributed by atoms with Gasteiger partial charge in [0.05, 0.1) is 18.9 Å². The van der Waals surface area contributed by atoms with Crippen LogP contribution >= 0.6 is 11.5 Å². The fourth-order valence-corrected chi connectivity index (χ4v) is 4.72. The highest BCUT2D eigenvalue weighted by Crippen LogP contribution is 2.35. The van der Waals surface area contributed by atoms with Gasteiger partial charge < -0.3 is 26.3 Å². The third-order valence-electron chi connectivity index (χ3n) is 5.71. The number of nitrogens with zero attached hydrogens (tertiary/aromatic N) is 2. The summed E-state index contributed by atoms with van der Waals surface area (Å²) in [6.07, 6.45) is 0. The molecule has 0 aliphatic rings. The number of nitrogen functional groups attached to an aromatic ring is 1. The van der Waals surface area contributed by atoms with Gasteiger partial charge >= 0.3 is 5.97 Å². The third kappa shape index (κ3) is 6.71. The zero-order chi connectivity index (χ0) is 28.7. The zero-order valence-corrected chi connectivity index (χ0v) is 23.0. The summed E-state index contributed by atoms with van der Waals surface area (Å²) in [4.78, 5) is 52.9. The van der Waals surface area contributed by atoms with E-state index in [-0.39, 0.29) is 22.9 Å². The number of nitrogens with two attached hydrogens (primary N) is 2. The average Bonchev–Trinajstić information content (AvgIpc) is 3.28. The maximum absolute atomic E-state index is 14.1. The van der Waals surface area contributed by atoms with Crippen LogP contribution in [0, 0.1) is 13.8 Å². The number of amides is 3. The SMILES string of the molecule is CCOC(=O)CNC(=O)[C@H](c1ccc(OCC)cc1)N(C(=O)c1snc(C(N)=O)c1N)c1ccc(C)cc1C. The van der Waals surface area contributed by atoms with Crippen LogP contribution in [-0.2, 0) is 14.3 Å². The lowest BCUT2D eigenvalue weighted by molar-refractivity contribution is -0.143. The van der Waals surface area contributed by atoms with Gasteiger partial charge in [-0.15, -0.1) is 0 Å². The van der Waals surface area contributed by atoms with Crippen LogP contribution in [-0.4, -0.2) is 47.8 Å². The number of hydrogen-bond donors (Lipinski definition) is 3. The Hall–Kier alpha value is -4.45. The average molecular weight is 554 g/mol. The molecule has 206 valence electrons. The van der Waals surface area contributed by atoms with Crippen molar-refractivity contribution in [2.45, 2.75) is 33.7 Å². The summed E-state index contributed by atoms with van der Waals surface area (Å²) in [6.45, 7) is 7.41. The number of esters is 1. The Balaban J connectivity index is 2.19. The molecule has 39 heavy (non-hydrogen) atoms. The number of aromatic nitrogens is 1. The van der Waals surface area contributed by atoms with Crippen molar-refractivity contribution in [1.29, 1.82) is 0 Å². The lowest BCUT2D eigenvalue weighted by atomic mass is 10.0. The van der Waals surface area contributed by atoms with Crippen LogP contribution in [0.1, 0.15) is 56.7 Å². The molecule has 3 amide bonds. The molecule has 0 radical (unpaired) electrons. The largest absolute Gasteiger partial charge is 0.494 e. The van der Waals surface area contributed by atoms with Crippen molar-refractivity contribution in [2.24, 2.45) is 5.73 Å². The lowest BCUT2D eigenvalue weighted by Crippen LogP contribution is -2.45. The van der Waals surface area contributed by atoms with Gasteiger partial charge in [-0.1, -0.05) is 29.8 Å². The molecule has 0 saturated heterocycles. The van der Waals surface area contributed by atoms with Crippen molar-refractivity contribution in [3.8, 4) is 5.75 Å². The molecule has 0 saturated carbocycles. The molecular weight excluding hydrogens is 522 g/mol. The molecule has 0 spiro atoms. The van der Waals surface area contributed by atoms with Gasteiger partial charge in [0.25, 0.3) is 11.8 Å². The Labute approximate surface area is 230 Å². The van der Waals surface area contributed by atoms with E-state index in [4.69, 9.17) is 20.9 Å². The molecule has 0 bridgehead atoms. The van der Waals surface area contributed by atoms with Crippen molar-refractivity contribution in [3.05, 3.63) is 69.7 Å². The minimum Gasteiger partial charge on any atom is -0.494 e. The van der Waals surface area contributed by atoms with E-state index >= 15 is 0 Å². The van der Waals surface area contributed by atoms with Gasteiger partial charge in [-0.25, -0.2) is 0 Å². The number of primary amides is 1. The van der Waals surface area contributed by atoms with Crippen LogP contribution in [0.25, 0.3) is 0 Å². The van der Waals surface area contributed by atoms with Crippen molar-refractivity contribution < 1.29 is 28.7 Å². The molecule has 1 heterocycles. The van der Waals surface area contributed by atoms with Crippen LogP contribution in [0.2, 0.25) is 0 Å². The summed E-state index contributed by atoms with van der Waals surface area (Å²) in [7, 11) is 0. The fourth-order valence-electron chi connectivity index (χ4n) is 3.98. The van der Waals surface area contributed by atoms with E-state index < -0.39 is 36.3 Å². The minimum atomic E-state index is -1.25. The van der Waals surface area contributed by atoms with Gasteiger partial charge in [-0.2, -0.15) is 4.37 Å². The van der Waals surface area contributed by atoms with Crippen LogP contribution in [0.3, 0.4) is 0 Å². The molecule has 11 nitrogen and oxygen atoms in total. The maximum atomic E-state index is 14.1. The minimum absolute atomic E-state index is 0.0575. The summed E-state index contributed by atoms with van der Waals surface area (Å²) in [5.74, 6) is -2.24. The van der Waals surface area contributed by atoms with Crippen molar-refractivity contribution in [2.75, 3.05) is 30.4 Å². The van der Waals surface area contributed by atoms with E-state index in [0.717, 1.165) is 5.56 Å². The van der Waals surface area contributed by atoms with E-state index in [1.165, 1.54) is 4.90 Å². The number of aryl methyl sites for hydroxylation is 2. The second kappa shape index (κ2) is 12.9. The summed E-state index contributed by atoms with van der Waals surface area (Å²) >= 11 is 0.710. The lowest BCUT2D eigenvalue weighted by Gasteiger charge is -2.32. The first-order valence-corrected chi connectivity index (χ1v) is 13.0. The highest BCUT2D eigenvalue weighted by molar-refractivity contribution is 7.09. The van der Waals surface area contributed by atoms with Gasteiger partial charge in [0.15, 0.2) is 5.69 Å². The molecule has 5 N–H and O–H groups in total. The summed E-state index contributed by atoms with van der Waals surface area (Å²) in [5.41, 5.74) is 13.6. The Morgan fingerprint density at radius 1 is 1.05 bits per heavy atom.